The van der Waals surface area contributed by atoms with Crippen LogP contribution in [0.1, 0.15) is 0 Å². The summed E-state index contributed by atoms with van der Waals surface area (Å²) in [6.07, 6.45) is 0. The fraction of sp³-hybridized carbons (Fsp3) is 0. The van der Waals surface area contributed by atoms with Crippen LogP contribution in [0.5, 0.6) is 11.5 Å². The van der Waals surface area contributed by atoms with E-state index in [9.17, 15) is 10.2 Å². The molecule has 1 aromatic heterocycles. The van der Waals surface area contributed by atoms with E-state index in [1.165, 1.54) is 30.9 Å². The summed E-state index contributed by atoms with van der Waals surface area (Å²) in [5.74, 6) is 0.497. The number of rotatable bonds is 10. The summed E-state index contributed by atoms with van der Waals surface area (Å²) in [7, 11) is 0. The Labute approximate surface area is 427 Å². The molecule has 0 fully saturated rings. The summed E-state index contributed by atoms with van der Waals surface area (Å²) in [5.41, 5.74) is 14.1. The van der Waals surface area contributed by atoms with Gasteiger partial charge in [-0.05, 0) is 129 Å². The van der Waals surface area contributed by atoms with E-state index in [0.717, 1.165) is 89.4 Å². The maximum Gasteiger partial charge on any atom is 0.123 e. The lowest BCUT2D eigenvalue weighted by atomic mass is 9.97. The van der Waals surface area contributed by atoms with Gasteiger partial charge in [0.05, 0.1) is 11.4 Å². The monoisotopic (exact) mass is 954 g/mol. The number of phenolic OH excluding ortho intramolecular Hbond substituents is 2. The second-order valence-electron chi connectivity index (χ2n) is 18.4. The van der Waals surface area contributed by atoms with Gasteiger partial charge >= 0.3 is 0 Å². The number of anilines is 6. The molecule has 0 spiro atoms. The molecule has 0 atom stereocenters. The van der Waals surface area contributed by atoms with Crippen molar-refractivity contribution in [2.75, 3.05) is 9.80 Å². The second kappa shape index (κ2) is 18.4. The highest BCUT2D eigenvalue weighted by Crippen LogP contribution is 2.48. The number of benzene rings is 12. The first-order valence-corrected chi connectivity index (χ1v) is 25.3. The van der Waals surface area contributed by atoms with Crippen LogP contribution in [0, 0.1) is 0 Å². The van der Waals surface area contributed by atoms with Crippen LogP contribution in [-0.4, -0.2) is 10.2 Å². The first kappa shape index (κ1) is 43.6. The van der Waals surface area contributed by atoms with Gasteiger partial charge in [-0.15, -0.1) is 11.3 Å². The smallest absolute Gasteiger partial charge is 0.123 e. The van der Waals surface area contributed by atoms with Crippen molar-refractivity contribution >= 4 is 87.2 Å². The minimum atomic E-state index is 0.249. The van der Waals surface area contributed by atoms with Crippen LogP contribution in [0.3, 0.4) is 0 Å². The Morgan fingerprint density at radius 2 is 0.644 bits per heavy atom. The van der Waals surface area contributed by atoms with Crippen molar-refractivity contribution in [3.05, 3.63) is 267 Å². The van der Waals surface area contributed by atoms with Gasteiger partial charge in [-0.1, -0.05) is 182 Å². The number of hydrogen-bond acceptors (Lipinski definition) is 5. The van der Waals surface area contributed by atoms with Gasteiger partial charge in [0.15, 0.2) is 0 Å². The molecule has 0 amide bonds. The lowest BCUT2D eigenvalue weighted by Crippen LogP contribution is -2.11. The molecule has 12 aromatic carbocycles. The zero-order valence-electron chi connectivity index (χ0n) is 39.6. The minimum Gasteiger partial charge on any atom is -0.507 e. The Hall–Kier alpha value is -9.42. The van der Waals surface area contributed by atoms with Gasteiger partial charge in [-0.25, -0.2) is 0 Å². The lowest BCUT2D eigenvalue weighted by molar-refractivity contribution is 0.477. The first-order chi connectivity index (χ1) is 36.0. The van der Waals surface area contributed by atoms with Crippen LogP contribution >= 0.6 is 11.3 Å². The maximum absolute atomic E-state index is 11.0. The number of fused-ring (bicyclic) bond motifs is 7. The number of nitrogens with zero attached hydrogens (tertiary/aromatic N) is 2. The molecule has 13 aromatic rings. The molecule has 0 unspecified atom stereocenters. The molecular formula is C68H46N2O2S. The van der Waals surface area contributed by atoms with Gasteiger partial charge in [-0.2, -0.15) is 0 Å². The summed E-state index contributed by atoms with van der Waals surface area (Å²) in [5, 5.41) is 29.1. The third-order valence-corrected chi connectivity index (χ3v) is 15.1. The molecule has 73 heavy (non-hydrogen) atoms. The highest BCUT2D eigenvalue weighted by Gasteiger charge is 2.22. The topological polar surface area (TPSA) is 46.9 Å². The first-order valence-electron chi connectivity index (χ1n) is 24.5. The Morgan fingerprint density at radius 3 is 1.08 bits per heavy atom. The predicted molar refractivity (Wildman–Crippen MR) is 309 cm³/mol. The number of thiophene rings is 1. The standard InChI is InChI=1S/C68H46N2O2S/c71-63-31-13-9-27-57(63)47-21-15-23-51(41-47)69(61-29-11-7-25-55(61)45-17-3-1-4-18-45)53-35-37-59-49(43-53)33-39-65-67(59)68-60-38-36-54(44-50(60)34-40-66(68)73-65)70(62-30-12-8-26-56(62)46-19-5-2-6-20-46)52-24-16-22-48(42-52)58-28-10-14-32-64(58)72/h1-44,71-72H. The van der Waals surface area contributed by atoms with E-state index >= 15 is 0 Å². The maximum atomic E-state index is 11.0. The molecule has 1 heterocycles. The summed E-state index contributed by atoms with van der Waals surface area (Å²) < 4.78 is 2.49. The number of aromatic hydroxyl groups is 2. The average molecular weight is 955 g/mol. The van der Waals surface area contributed by atoms with E-state index in [1.807, 2.05) is 47.7 Å². The van der Waals surface area contributed by atoms with E-state index in [1.54, 1.807) is 12.1 Å². The van der Waals surface area contributed by atoms with Crippen molar-refractivity contribution in [3.8, 4) is 56.0 Å². The van der Waals surface area contributed by atoms with Crippen molar-refractivity contribution in [3.63, 3.8) is 0 Å². The molecule has 0 saturated heterocycles. The highest BCUT2D eigenvalue weighted by molar-refractivity contribution is 7.26. The summed E-state index contributed by atoms with van der Waals surface area (Å²) in [6, 6.07) is 93.1. The van der Waals surface area contributed by atoms with Crippen molar-refractivity contribution in [2.45, 2.75) is 0 Å². The molecule has 0 saturated carbocycles. The molecule has 0 aliphatic heterocycles. The molecule has 0 aliphatic carbocycles. The van der Waals surface area contributed by atoms with Crippen LogP contribution in [0.2, 0.25) is 0 Å². The SMILES string of the molecule is Oc1ccccc1-c1cccc(N(c2ccc3c(ccc4sc5ccc6cc(N(c7cccc(-c8ccccc8O)c7)c7ccccc7-c7ccccc7)ccc6c5c43)c2)c2ccccc2-c2ccccc2)c1. The van der Waals surface area contributed by atoms with E-state index in [4.69, 9.17) is 0 Å². The highest BCUT2D eigenvalue weighted by atomic mass is 32.1. The van der Waals surface area contributed by atoms with E-state index in [2.05, 4.69) is 228 Å². The molecule has 5 heteroatoms. The number of hydrogen-bond donors (Lipinski definition) is 2. The third kappa shape index (κ3) is 7.89. The van der Waals surface area contributed by atoms with Gasteiger partial charge < -0.3 is 20.0 Å². The molecule has 0 radical (unpaired) electrons. The second-order valence-corrected chi connectivity index (χ2v) is 19.4. The van der Waals surface area contributed by atoms with Crippen molar-refractivity contribution in [1.29, 1.82) is 0 Å². The molecule has 13 rings (SSSR count). The molecule has 2 N–H and O–H groups in total. The number of para-hydroxylation sites is 4. The third-order valence-electron chi connectivity index (χ3n) is 14.0. The van der Waals surface area contributed by atoms with Gasteiger partial charge in [0, 0.05) is 65.2 Å². The van der Waals surface area contributed by atoms with Crippen molar-refractivity contribution in [2.24, 2.45) is 0 Å². The fourth-order valence-electron chi connectivity index (χ4n) is 10.7. The summed E-state index contributed by atoms with van der Waals surface area (Å²) >= 11 is 1.84. The van der Waals surface area contributed by atoms with Crippen LogP contribution in [0.25, 0.3) is 86.2 Å². The zero-order chi connectivity index (χ0) is 48.8. The summed E-state index contributed by atoms with van der Waals surface area (Å²) in [4.78, 5) is 4.69. The van der Waals surface area contributed by atoms with E-state index in [0.29, 0.717) is 0 Å². The zero-order valence-corrected chi connectivity index (χ0v) is 40.4. The van der Waals surface area contributed by atoms with Gasteiger partial charge in [-0.3, -0.25) is 0 Å². The number of phenols is 2. The van der Waals surface area contributed by atoms with E-state index in [-0.39, 0.29) is 11.5 Å². The van der Waals surface area contributed by atoms with Gasteiger partial charge in [0.25, 0.3) is 0 Å². The molecule has 346 valence electrons. The largest absolute Gasteiger partial charge is 0.507 e. The van der Waals surface area contributed by atoms with Gasteiger partial charge in [0.2, 0.25) is 0 Å². The average Bonchev–Trinajstić information content (AvgIpc) is 3.84. The molecule has 0 bridgehead atoms. The van der Waals surface area contributed by atoms with Crippen LogP contribution in [0.4, 0.5) is 34.1 Å². The Kier molecular flexibility index (Phi) is 11.0. The van der Waals surface area contributed by atoms with Crippen molar-refractivity contribution < 1.29 is 10.2 Å². The Morgan fingerprint density at radius 1 is 0.274 bits per heavy atom. The van der Waals surface area contributed by atoms with E-state index < -0.39 is 0 Å². The van der Waals surface area contributed by atoms with Crippen LogP contribution in [-0.2, 0) is 0 Å². The Bertz CT molecular complexity index is 3930. The van der Waals surface area contributed by atoms with Crippen LogP contribution < -0.4 is 9.80 Å². The lowest BCUT2D eigenvalue weighted by Gasteiger charge is -2.29. The minimum absolute atomic E-state index is 0.249. The Balaban J connectivity index is 0.974. The molecule has 4 nitrogen and oxygen atoms in total. The predicted octanol–water partition coefficient (Wildman–Crippen LogP) is 19.4. The molecule has 0 aliphatic rings. The fourth-order valence-corrected chi connectivity index (χ4v) is 11.8. The van der Waals surface area contributed by atoms with Gasteiger partial charge in [0.1, 0.15) is 11.5 Å². The molecular weight excluding hydrogens is 909 g/mol. The quantitative estimate of drug-likeness (QED) is 0.143. The van der Waals surface area contributed by atoms with Crippen molar-refractivity contribution in [1.82, 2.24) is 0 Å². The normalized spacial score (nSPS) is 11.4. The summed E-state index contributed by atoms with van der Waals surface area (Å²) in [6.45, 7) is 0. The van der Waals surface area contributed by atoms with Crippen LogP contribution in [0.15, 0.2) is 267 Å².